The second-order valence-electron chi connectivity index (χ2n) is 6.14. The van der Waals surface area contributed by atoms with E-state index in [1.54, 1.807) is 18.3 Å². The molecule has 3 rings (SSSR count). The Labute approximate surface area is 136 Å². The molecule has 4 heteroatoms. The highest BCUT2D eigenvalue weighted by molar-refractivity contribution is 7.09. The van der Waals surface area contributed by atoms with E-state index in [-0.39, 0.29) is 5.41 Å². The van der Waals surface area contributed by atoms with Crippen molar-refractivity contribution >= 4 is 17.1 Å². The van der Waals surface area contributed by atoms with Crippen LogP contribution in [0.2, 0.25) is 0 Å². The zero-order chi connectivity index (χ0) is 15.6. The summed E-state index contributed by atoms with van der Waals surface area (Å²) < 4.78 is 0. The number of hydrogen-bond donors (Lipinski definition) is 0. The van der Waals surface area contributed by atoms with Crippen molar-refractivity contribution in [3.05, 3.63) is 52.0 Å². The lowest BCUT2D eigenvalue weighted by molar-refractivity contribution is -0.124. The minimum Gasteiger partial charge on any atom is -0.299 e. The van der Waals surface area contributed by atoms with Crippen LogP contribution in [0.5, 0.6) is 0 Å². The summed E-state index contributed by atoms with van der Waals surface area (Å²) in [4.78, 5) is 19.3. The van der Waals surface area contributed by atoms with Crippen LogP contribution < -0.4 is 0 Å². The zero-order valence-corrected chi connectivity index (χ0v) is 14.0. The quantitative estimate of drug-likeness (QED) is 0.865. The number of nitrogens with zero attached hydrogens (tertiary/aromatic N) is 2. The van der Waals surface area contributed by atoms with Crippen LogP contribution >= 0.6 is 11.3 Å². The SMILES string of the molecule is CC(=O)C1(c2ccccc2)CCN(Cc2csc(C)n2)CC1. The van der Waals surface area contributed by atoms with Gasteiger partial charge in [-0.25, -0.2) is 4.98 Å². The Morgan fingerprint density at radius 1 is 1.27 bits per heavy atom. The normalized spacial score (nSPS) is 18.3. The van der Waals surface area contributed by atoms with E-state index in [2.05, 4.69) is 27.4 Å². The van der Waals surface area contributed by atoms with Crippen LogP contribution in [0.3, 0.4) is 0 Å². The minimum atomic E-state index is -0.296. The molecule has 1 saturated heterocycles. The number of likely N-dealkylation sites (tertiary alicyclic amines) is 1. The maximum absolute atomic E-state index is 12.4. The smallest absolute Gasteiger partial charge is 0.140 e. The molecule has 0 saturated carbocycles. The molecule has 2 heterocycles. The second-order valence-corrected chi connectivity index (χ2v) is 7.20. The highest BCUT2D eigenvalue weighted by Crippen LogP contribution is 2.36. The van der Waals surface area contributed by atoms with Crippen LogP contribution in [0.15, 0.2) is 35.7 Å². The molecule has 1 aromatic heterocycles. The number of piperidine rings is 1. The Morgan fingerprint density at radius 3 is 2.50 bits per heavy atom. The second kappa shape index (κ2) is 6.31. The fraction of sp³-hybridized carbons (Fsp3) is 0.444. The highest BCUT2D eigenvalue weighted by atomic mass is 32.1. The van der Waals surface area contributed by atoms with Gasteiger partial charge in [0, 0.05) is 11.9 Å². The van der Waals surface area contributed by atoms with Gasteiger partial charge in [-0.3, -0.25) is 9.69 Å². The van der Waals surface area contributed by atoms with Gasteiger partial charge in [0.2, 0.25) is 0 Å². The zero-order valence-electron chi connectivity index (χ0n) is 13.2. The number of ketones is 1. The molecule has 1 aliphatic rings. The molecule has 0 N–H and O–H groups in total. The van der Waals surface area contributed by atoms with E-state index >= 15 is 0 Å². The van der Waals surface area contributed by atoms with E-state index in [9.17, 15) is 4.79 Å². The van der Waals surface area contributed by atoms with Crippen LogP contribution in [0, 0.1) is 6.92 Å². The molecular formula is C18H22N2OS. The summed E-state index contributed by atoms with van der Waals surface area (Å²) in [6.45, 7) is 6.58. The van der Waals surface area contributed by atoms with Crippen LogP contribution in [-0.2, 0) is 16.8 Å². The van der Waals surface area contributed by atoms with E-state index in [1.165, 1.54) is 5.56 Å². The lowest BCUT2D eigenvalue weighted by Gasteiger charge is -2.40. The largest absolute Gasteiger partial charge is 0.299 e. The minimum absolute atomic E-state index is 0.294. The molecule has 0 spiro atoms. The van der Waals surface area contributed by atoms with Crippen molar-refractivity contribution in [1.82, 2.24) is 9.88 Å². The van der Waals surface area contributed by atoms with Crippen LogP contribution in [0.4, 0.5) is 0 Å². The van der Waals surface area contributed by atoms with Gasteiger partial charge < -0.3 is 0 Å². The van der Waals surface area contributed by atoms with Gasteiger partial charge >= 0.3 is 0 Å². The monoisotopic (exact) mass is 314 g/mol. The van der Waals surface area contributed by atoms with Gasteiger partial charge in [-0.05, 0) is 45.3 Å². The third kappa shape index (κ3) is 2.99. The van der Waals surface area contributed by atoms with E-state index in [1.807, 2.05) is 25.1 Å². The summed E-state index contributed by atoms with van der Waals surface area (Å²) in [6.07, 6.45) is 1.80. The topological polar surface area (TPSA) is 33.2 Å². The van der Waals surface area contributed by atoms with Gasteiger partial charge in [-0.1, -0.05) is 30.3 Å². The van der Waals surface area contributed by atoms with Crippen LogP contribution in [-0.4, -0.2) is 28.8 Å². The summed E-state index contributed by atoms with van der Waals surface area (Å²) >= 11 is 1.70. The van der Waals surface area contributed by atoms with E-state index in [0.717, 1.165) is 43.2 Å². The molecule has 2 aromatic rings. The number of carbonyl (C=O) groups is 1. The van der Waals surface area contributed by atoms with E-state index < -0.39 is 0 Å². The first-order valence-electron chi connectivity index (χ1n) is 7.80. The first-order valence-corrected chi connectivity index (χ1v) is 8.68. The summed E-state index contributed by atoms with van der Waals surface area (Å²) in [6, 6.07) is 10.3. The maximum atomic E-state index is 12.4. The standard InChI is InChI=1S/C18H22N2OS/c1-14(21)18(16-6-4-3-5-7-16)8-10-20(11-9-18)12-17-13-22-15(2)19-17/h3-7,13H,8-12H2,1-2H3. The number of aromatic nitrogens is 1. The molecule has 0 bridgehead atoms. The molecule has 1 aromatic carbocycles. The lowest BCUT2D eigenvalue weighted by atomic mass is 9.70. The molecule has 0 unspecified atom stereocenters. The Hall–Kier alpha value is -1.52. The molecule has 22 heavy (non-hydrogen) atoms. The van der Waals surface area contributed by atoms with Crippen molar-refractivity contribution in [3.8, 4) is 0 Å². The van der Waals surface area contributed by atoms with Crippen LogP contribution in [0.25, 0.3) is 0 Å². The Kier molecular flexibility index (Phi) is 4.41. The van der Waals surface area contributed by atoms with Crippen molar-refractivity contribution in [2.45, 2.75) is 38.6 Å². The van der Waals surface area contributed by atoms with E-state index in [0.29, 0.717) is 5.78 Å². The Balaban J connectivity index is 1.72. The summed E-state index contributed by atoms with van der Waals surface area (Å²) in [5.41, 5.74) is 2.03. The van der Waals surface area contributed by atoms with Crippen molar-refractivity contribution in [1.29, 1.82) is 0 Å². The van der Waals surface area contributed by atoms with Gasteiger partial charge in [0.15, 0.2) is 0 Å². The summed E-state index contributed by atoms with van der Waals surface area (Å²) in [5, 5.41) is 3.26. The summed E-state index contributed by atoms with van der Waals surface area (Å²) in [7, 11) is 0. The molecule has 3 nitrogen and oxygen atoms in total. The molecule has 0 amide bonds. The maximum Gasteiger partial charge on any atom is 0.140 e. The fourth-order valence-corrected chi connectivity index (χ4v) is 4.01. The Morgan fingerprint density at radius 2 is 1.95 bits per heavy atom. The number of rotatable bonds is 4. The molecule has 0 aliphatic carbocycles. The third-order valence-electron chi connectivity index (χ3n) is 4.76. The number of thiazole rings is 1. The molecule has 116 valence electrons. The third-order valence-corrected chi connectivity index (χ3v) is 5.58. The van der Waals surface area contributed by atoms with Crippen molar-refractivity contribution < 1.29 is 4.79 Å². The fourth-order valence-electron chi connectivity index (χ4n) is 3.40. The van der Waals surface area contributed by atoms with Gasteiger partial charge in [0.05, 0.1) is 16.1 Å². The number of benzene rings is 1. The predicted octanol–water partition coefficient (Wildman–Crippen LogP) is 3.57. The van der Waals surface area contributed by atoms with E-state index in [4.69, 9.17) is 0 Å². The average Bonchev–Trinajstić information content (AvgIpc) is 2.94. The number of Topliss-reactive ketones (excluding diaryl/α,β-unsaturated/α-hetero) is 1. The Bertz CT molecular complexity index is 642. The summed E-state index contributed by atoms with van der Waals surface area (Å²) in [5.74, 6) is 0.294. The number of carbonyl (C=O) groups excluding carboxylic acids is 1. The highest BCUT2D eigenvalue weighted by Gasteiger charge is 2.40. The molecule has 0 atom stereocenters. The van der Waals surface area contributed by atoms with Gasteiger partial charge in [-0.15, -0.1) is 11.3 Å². The number of aryl methyl sites for hydroxylation is 1. The molecule has 1 aliphatic heterocycles. The first kappa shape index (κ1) is 15.4. The van der Waals surface area contributed by atoms with Crippen LogP contribution in [0.1, 0.15) is 36.0 Å². The van der Waals surface area contributed by atoms with Gasteiger partial charge in [0.25, 0.3) is 0 Å². The lowest BCUT2D eigenvalue weighted by Crippen LogP contribution is -2.46. The first-order chi connectivity index (χ1) is 10.6. The van der Waals surface area contributed by atoms with Gasteiger partial charge in [-0.2, -0.15) is 0 Å². The van der Waals surface area contributed by atoms with Gasteiger partial charge in [0.1, 0.15) is 5.78 Å². The molecular weight excluding hydrogens is 292 g/mol. The molecule has 1 fully saturated rings. The number of hydrogen-bond acceptors (Lipinski definition) is 4. The average molecular weight is 314 g/mol. The van der Waals surface area contributed by atoms with Crippen molar-refractivity contribution in [3.63, 3.8) is 0 Å². The molecule has 0 radical (unpaired) electrons. The van der Waals surface area contributed by atoms with Crippen molar-refractivity contribution in [2.75, 3.05) is 13.1 Å². The predicted molar refractivity (Wildman–Crippen MR) is 90.2 cm³/mol. The van der Waals surface area contributed by atoms with Crippen molar-refractivity contribution in [2.24, 2.45) is 0 Å².